The second-order valence-electron chi connectivity index (χ2n) is 4.98. The van der Waals surface area contributed by atoms with Crippen LogP contribution in [-0.4, -0.2) is 59.6 Å². The van der Waals surface area contributed by atoms with Crippen LogP contribution in [0.5, 0.6) is 0 Å². The Hall–Kier alpha value is -0.610. The van der Waals surface area contributed by atoms with Crippen molar-refractivity contribution in [1.29, 1.82) is 0 Å². The Morgan fingerprint density at radius 1 is 1.40 bits per heavy atom. The van der Waals surface area contributed by atoms with Crippen molar-refractivity contribution in [3.8, 4) is 0 Å². The Labute approximate surface area is 90.9 Å². The van der Waals surface area contributed by atoms with Gasteiger partial charge in [0.05, 0.1) is 6.54 Å². The molecule has 2 saturated heterocycles. The van der Waals surface area contributed by atoms with E-state index in [2.05, 4.69) is 11.9 Å². The van der Waals surface area contributed by atoms with Gasteiger partial charge in [0.15, 0.2) is 0 Å². The van der Waals surface area contributed by atoms with E-state index in [0.717, 1.165) is 12.8 Å². The van der Waals surface area contributed by atoms with Gasteiger partial charge in [-0.05, 0) is 39.8 Å². The number of carboxylic acid groups (broad SMARTS) is 1. The number of hydrogen-bond donors (Lipinski definition) is 1. The van der Waals surface area contributed by atoms with Crippen molar-refractivity contribution < 1.29 is 9.90 Å². The Balaban J connectivity index is 1.93. The molecule has 2 rings (SSSR count). The van der Waals surface area contributed by atoms with Crippen LogP contribution in [0.4, 0.5) is 0 Å². The lowest BCUT2D eigenvalue weighted by molar-refractivity contribution is -0.138. The molecule has 0 radical (unpaired) electrons. The average molecular weight is 212 g/mol. The third-order valence-electron chi connectivity index (χ3n) is 4.08. The Morgan fingerprint density at radius 2 is 1.93 bits per heavy atom. The van der Waals surface area contributed by atoms with E-state index in [0.29, 0.717) is 18.1 Å². The summed E-state index contributed by atoms with van der Waals surface area (Å²) in [6.07, 6.45) is 4.85. The highest BCUT2D eigenvalue weighted by atomic mass is 16.4. The van der Waals surface area contributed by atoms with Crippen molar-refractivity contribution in [3.63, 3.8) is 0 Å². The van der Waals surface area contributed by atoms with Gasteiger partial charge in [0.2, 0.25) is 0 Å². The lowest BCUT2D eigenvalue weighted by Crippen LogP contribution is -2.48. The fourth-order valence-electron chi connectivity index (χ4n) is 3.09. The maximum absolute atomic E-state index is 10.6. The molecule has 2 unspecified atom stereocenters. The zero-order chi connectivity index (χ0) is 11.0. The fraction of sp³-hybridized carbons (Fsp3) is 0.909. The van der Waals surface area contributed by atoms with E-state index in [1.165, 1.54) is 12.8 Å². The van der Waals surface area contributed by atoms with Gasteiger partial charge in [-0.1, -0.05) is 0 Å². The number of nitrogens with zero attached hydrogens (tertiary/aromatic N) is 2. The van der Waals surface area contributed by atoms with E-state index in [-0.39, 0.29) is 6.54 Å². The van der Waals surface area contributed by atoms with Gasteiger partial charge in [0.25, 0.3) is 0 Å². The monoisotopic (exact) mass is 212 g/mol. The lowest BCUT2D eigenvalue weighted by Gasteiger charge is -2.39. The number of aliphatic carboxylic acids is 1. The first kappa shape index (κ1) is 10.9. The number of likely N-dealkylation sites (N-methyl/N-ethyl adjacent to an activating group) is 1. The number of carboxylic acids is 1. The topological polar surface area (TPSA) is 43.8 Å². The molecule has 4 nitrogen and oxygen atoms in total. The second-order valence-corrected chi connectivity index (χ2v) is 4.98. The van der Waals surface area contributed by atoms with Crippen LogP contribution < -0.4 is 0 Å². The van der Waals surface area contributed by atoms with Gasteiger partial charge in [0, 0.05) is 18.1 Å². The van der Waals surface area contributed by atoms with Crippen LogP contribution in [0.15, 0.2) is 0 Å². The Morgan fingerprint density at radius 3 is 2.40 bits per heavy atom. The third-order valence-corrected chi connectivity index (χ3v) is 4.08. The smallest absolute Gasteiger partial charge is 0.317 e. The molecule has 1 N–H and O–H groups in total. The van der Waals surface area contributed by atoms with Gasteiger partial charge in [-0.3, -0.25) is 9.69 Å². The van der Waals surface area contributed by atoms with Crippen molar-refractivity contribution in [3.05, 3.63) is 0 Å². The molecule has 0 aromatic carbocycles. The number of piperidine rings is 1. The summed E-state index contributed by atoms with van der Waals surface area (Å²) in [4.78, 5) is 15.1. The summed E-state index contributed by atoms with van der Waals surface area (Å²) in [7, 11) is 4.14. The summed E-state index contributed by atoms with van der Waals surface area (Å²) in [5.74, 6) is -0.719. The Bertz CT molecular complexity index is 243. The summed E-state index contributed by atoms with van der Waals surface area (Å²) in [5.41, 5.74) is 0. The molecular formula is C11H20N2O2. The van der Waals surface area contributed by atoms with Crippen LogP contribution in [0, 0.1) is 0 Å². The van der Waals surface area contributed by atoms with E-state index >= 15 is 0 Å². The number of rotatable bonds is 3. The van der Waals surface area contributed by atoms with Crippen molar-refractivity contribution in [2.24, 2.45) is 0 Å². The lowest BCUT2D eigenvalue weighted by atomic mass is 9.97. The number of carbonyl (C=O) groups is 1. The van der Waals surface area contributed by atoms with E-state index in [9.17, 15) is 4.79 Å². The maximum Gasteiger partial charge on any atom is 0.317 e. The van der Waals surface area contributed by atoms with Gasteiger partial charge in [-0.2, -0.15) is 0 Å². The molecule has 2 fully saturated rings. The number of fused-ring (bicyclic) bond motifs is 2. The van der Waals surface area contributed by atoms with Gasteiger partial charge < -0.3 is 10.0 Å². The summed E-state index contributed by atoms with van der Waals surface area (Å²) in [5, 5.41) is 8.76. The first-order chi connectivity index (χ1) is 7.08. The predicted molar refractivity (Wildman–Crippen MR) is 57.9 cm³/mol. The van der Waals surface area contributed by atoms with Crippen LogP contribution in [0.1, 0.15) is 25.7 Å². The normalized spacial score (nSPS) is 36.1. The number of hydrogen-bond acceptors (Lipinski definition) is 3. The summed E-state index contributed by atoms with van der Waals surface area (Å²) in [6.45, 7) is 0.174. The standard InChI is InChI=1S/C11H20N2O2/c1-12(7-11(14)15)10-5-8-3-4-9(6-10)13(8)2/h8-10H,3-7H2,1-2H3,(H,14,15). The molecule has 2 heterocycles. The van der Waals surface area contributed by atoms with E-state index in [1.807, 2.05) is 11.9 Å². The van der Waals surface area contributed by atoms with Gasteiger partial charge in [-0.15, -0.1) is 0 Å². The largest absolute Gasteiger partial charge is 0.480 e. The second kappa shape index (κ2) is 4.10. The average Bonchev–Trinajstić information content (AvgIpc) is 2.38. The molecule has 0 spiro atoms. The molecule has 0 amide bonds. The highest BCUT2D eigenvalue weighted by molar-refractivity contribution is 5.69. The van der Waals surface area contributed by atoms with Crippen LogP contribution in [0.25, 0.3) is 0 Å². The quantitative estimate of drug-likeness (QED) is 0.745. The van der Waals surface area contributed by atoms with E-state index in [1.54, 1.807) is 0 Å². The molecular weight excluding hydrogens is 192 g/mol. The SMILES string of the molecule is CN(CC(=O)O)C1CC2CCC(C1)N2C. The minimum atomic E-state index is -0.719. The maximum atomic E-state index is 10.6. The molecule has 2 aliphatic rings. The molecule has 0 aromatic heterocycles. The van der Waals surface area contributed by atoms with Crippen molar-refractivity contribution in [1.82, 2.24) is 9.80 Å². The molecule has 2 atom stereocenters. The summed E-state index contributed by atoms with van der Waals surface area (Å²) >= 11 is 0. The zero-order valence-electron chi connectivity index (χ0n) is 9.52. The fourth-order valence-corrected chi connectivity index (χ4v) is 3.09. The van der Waals surface area contributed by atoms with Crippen molar-refractivity contribution >= 4 is 5.97 Å². The van der Waals surface area contributed by atoms with Gasteiger partial charge in [0.1, 0.15) is 0 Å². The third kappa shape index (κ3) is 2.16. The van der Waals surface area contributed by atoms with Crippen molar-refractivity contribution in [2.75, 3.05) is 20.6 Å². The first-order valence-electron chi connectivity index (χ1n) is 5.72. The minimum Gasteiger partial charge on any atom is -0.480 e. The predicted octanol–water partition coefficient (Wildman–Crippen LogP) is 0.628. The van der Waals surface area contributed by atoms with Crippen LogP contribution in [-0.2, 0) is 4.79 Å². The molecule has 86 valence electrons. The van der Waals surface area contributed by atoms with Crippen LogP contribution in [0.3, 0.4) is 0 Å². The van der Waals surface area contributed by atoms with Crippen molar-refractivity contribution in [2.45, 2.75) is 43.8 Å². The van der Waals surface area contributed by atoms with Gasteiger partial charge in [-0.25, -0.2) is 0 Å². The van der Waals surface area contributed by atoms with Gasteiger partial charge >= 0.3 is 5.97 Å². The molecule has 0 aliphatic carbocycles. The molecule has 0 saturated carbocycles. The molecule has 4 heteroatoms. The molecule has 2 aliphatic heterocycles. The molecule has 15 heavy (non-hydrogen) atoms. The minimum absolute atomic E-state index is 0.174. The molecule has 0 aromatic rings. The van der Waals surface area contributed by atoms with Crippen LogP contribution in [0.2, 0.25) is 0 Å². The Kier molecular flexibility index (Phi) is 2.98. The van der Waals surface area contributed by atoms with E-state index < -0.39 is 5.97 Å². The molecule has 2 bridgehead atoms. The van der Waals surface area contributed by atoms with Crippen LogP contribution >= 0.6 is 0 Å². The highest BCUT2D eigenvalue weighted by Crippen LogP contribution is 2.35. The zero-order valence-corrected chi connectivity index (χ0v) is 9.52. The van der Waals surface area contributed by atoms with E-state index in [4.69, 9.17) is 5.11 Å². The first-order valence-corrected chi connectivity index (χ1v) is 5.72. The summed E-state index contributed by atoms with van der Waals surface area (Å²) in [6, 6.07) is 1.84. The summed E-state index contributed by atoms with van der Waals surface area (Å²) < 4.78 is 0. The highest BCUT2D eigenvalue weighted by Gasteiger charge is 2.39.